The van der Waals surface area contributed by atoms with Crippen LogP contribution in [0, 0.1) is 27.4 Å². The highest BCUT2D eigenvalue weighted by Crippen LogP contribution is 2.60. The monoisotopic (exact) mass is 423 g/mol. The van der Waals surface area contributed by atoms with E-state index in [-0.39, 0.29) is 33.3 Å². The molecular formula is C11H11Br2N3O3S. The van der Waals surface area contributed by atoms with Crippen LogP contribution in [0.3, 0.4) is 0 Å². The molecule has 0 aromatic carbocycles. The lowest BCUT2D eigenvalue weighted by atomic mass is 10.1. The van der Waals surface area contributed by atoms with Gasteiger partial charge in [-0.05, 0) is 54.5 Å². The summed E-state index contributed by atoms with van der Waals surface area (Å²) in [6, 6.07) is 0. The minimum atomic E-state index is -0.526. The van der Waals surface area contributed by atoms with Gasteiger partial charge >= 0.3 is 5.00 Å². The first-order valence-electron chi connectivity index (χ1n) is 5.67. The fraction of sp³-hybridized carbons (Fsp3) is 0.455. The average Bonchev–Trinajstić information content (AvgIpc) is 2.71. The van der Waals surface area contributed by atoms with E-state index in [1.165, 1.54) is 0 Å². The van der Waals surface area contributed by atoms with E-state index in [1.54, 1.807) is 0 Å². The average molecular weight is 425 g/mol. The lowest BCUT2D eigenvalue weighted by Crippen LogP contribution is -2.16. The molecule has 1 aliphatic carbocycles. The van der Waals surface area contributed by atoms with Crippen molar-refractivity contribution < 1.29 is 9.72 Å². The van der Waals surface area contributed by atoms with Gasteiger partial charge in [-0.3, -0.25) is 14.9 Å². The maximum absolute atomic E-state index is 12.2. The normalized spacial score (nSPS) is 23.0. The molecule has 9 heteroatoms. The van der Waals surface area contributed by atoms with E-state index in [0.717, 1.165) is 20.9 Å². The molecule has 1 aliphatic rings. The van der Waals surface area contributed by atoms with Gasteiger partial charge in [-0.1, -0.05) is 19.9 Å². The van der Waals surface area contributed by atoms with Gasteiger partial charge in [-0.25, -0.2) is 4.98 Å². The second kappa shape index (κ2) is 5.53. The number of hydrogen-bond acceptors (Lipinski definition) is 5. The Kier molecular flexibility index (Phi) is 4.31. The van der Waals surface area contributed by atoms with Crippen molar-refractivity contribution in [1.29, 1.82) is 0 Å². The molecule has 2 rings (SSSR count). The van der Waals surface area contributed by atoms with Crippen molar-refractivity contribution in [1.82, 2.24) is 4.98 Å². The molecule has 2 atom stereocenters. The van der Waals surface area contributed by atoms with Crippen LogP contribution in [0.5, 0.6) is 0 Å². The van der Waals surface area contributed by atoms with Crippen molar-refractivity contribution >= 4 is 59.2 Å². The molecule has 1 heterocycles. The first-order chi connectivity index (χ1) is 9.23. The van der Waals surface area contributed by atoms with Gasteiger partial charge in [0.15, 0.2) is 5.13 Å². The molecule has 108 valence electrons. The minimum absolute atomic E-state index is 0.0880. The van der Waals surface area contributed by atoms with Crippen LogP contribution in [0.2, 0.25) is 0 Å². The smallest absolute Gasteiger partial charge is 0.302 e. The summed E-state index contributed by atoms with van der Waals surface area (Å²) in [6.45, 7) is 4.01. The number of halogens is 2. The summed E-state index contributed by atoms with van der Waals surface area (Å²) in [5.41, 5.74) is -0.139. The number of anilines is 1. The molecule has 1 fully saturated rings. The molecule has 0 radical (unpaired) electrons. The van der Waals surface area contributed by atoms with Crippen LogP contribution < -0.4 is 5.32 Å². The van der Waals surface area contributed by atoms with Crippen molar-refractivity contribution in [2.75, 3.05) is 5.32 Å². The Morgan fingerprint density at radius 1 is 1.60 bits per heavy atom. The largest absolute Gasteiger partial charge is 0.345 e. The van der Waals surface area contributed by atoms with Crippen LogP contribution in [0.1, 0.15) is 13.8 Å². The SMILES string of the molecule is CC1(C)C(C=C(Br)Br)C1C(=O)Nc1ncc([N+](=O)[O-])s1. The van der Waals surface area contributed by atoms with E-state index in [1.807, 2.05) is 19.9 Å². The molecule has 0 bridgehead atoms. The molecule has 1 aromatic heterocycles. The maximum atomic E-state index is 12.2. The Morgan fingerprint density at radius 2 is 2.25 bits per heavy atom. The summed E-state index contributed by atoms with van der Waals surface area (Å²) in [7, 11) is 0. The Morgan fingerprint density at radius 3 is 2.75 bits per heavy atom. The second-order valence-electron chi connectivity index (χ2n) is 5.03. The third-order valence-corrected chi connectivity index (χ3v) is 4.80. The second-order valence-corrected chi connectivity index (χ2v) is 8.81. The minimum Gasteiger partial charge on any atom is -0.302 e. The van der Waals surface area contributed by atoms with E-state index in [4.69, 9.17) is 0 Å². The molecule has 1 saturated carbocycles. The van der Waals surface area contributed by atoms with E-state index in [0.29, 0.717) is 0 Å². The van der Waals surface area contributed by atoms with Gasteiger partial charge in [0.1, 0.15) is 6.20 Å². The van der Waals surface area contributed by atoms with E-state index < -0.39 is 4.92 Å². The predicted molar refractivity (Wildman–Crippen MR) is 84.1 cm³/mol. The van der Waals surface area contributed by atoms with E-state index >= 15 is 0 Å². The molecule has 1 N–H and O–H groups in total. The first-order valence-corrected chi connectivity index (χ1v) is 8.07. The molecule has 1 aromatic rings. The summed E-state index contributed by atoms with van der Waals surface area (Å²) in [4.78, 5) is 26.1. The number of hydrogen-bond donors (Lipinski definition) is 1. The molecule has 6 nitrogen and oxygen atoms in total. The Bertz CT molecular complexity index is 595. The number of nitro groups is 1. The molecule has 0 spiro atoms. The van der Waals surface area contributed by atoms with Crippen molar-refractivity contribution in [2.45, 2.75) is 13.8 Å². The zero-order valence-corrected chi connectivity index (χ0v) is 14.6. The van der Waals surface area contributed by atoms with Crippen LogP contribution in [-0.2, 0) is 4.79 Å². The van der Waals surface area contributed by atoms with E-state index in [9.17, 15) is 14.9 Å². The molecule has 0 aliphatic heterocycles. The first kappa shape index (κ1) is 15.6. The summed E-state index contributed by atoms with van der Waals surface area (Å²) < 4.78 is 0.809. The van der Waals surface area contributed by atoms with Crippen molar-refractivity contribution in [3.63, 3.8) is 0 Å². The van der Waals surface area contributed by atoms with Crippen LogP contribution in [0.15, 0.2) is 15.7 Å². The standard InChI is InChI=1S/C11H11Br2N3O3S/c1-11(2)5(3-6(12)13)8(11)9(17)15-10-14-4-7(20-10)16(18)19/h3-5,8H,1-2H3,(H,14,15,17). The Balaban J connectivity index is 2.06. The molecular weight excluding hydrogens is 414 g/mol. The number of thiazole rings is 1. The number of allylic oxidation sites excluding steroid dienone is 1. The van der Waals surface area contributed by atoms with Gasteiger partial charge < -0.3 is 5.32 Å². The zero-order valence-electron chi connectivity index (χ0n) is 10.6. The van der Waals surface area contributed by atoms with E-state index in [2.05, 4.69) is 42.2 Å². The van der Waals surface area contributed by atoms with Crippen molar-refractivity contribution in [3.8, 4) is 0 Å². The fourth-order valence-electron chi connectivity index (χ4n) is 2.22. The molecule has 20 heavy (non-hydrogen) atoms. The predicted octanol–water partition coefficient (Wildman–Crippen LogP) is 3.89. The number of nitrogens with one attached hydrogen (secondary N) is 1. The number of aromatic nitrogens is 1. The van der Waals surface area contributed by atoms with Crippen molar-refractivity contribution in [3.05, 3.63) is 25.8 Å². The number of carbonyl (C=O) groups is 1. The van der Waals surface area contributed by atoms with Gasteiger partial charge in [-0.2, -0.15) is 0 Å². The number of carbonyl (C=O) groups excluding carboxylic acids is 1. The summed E-state index contributed by atoms with van der Waals surface area (Å²) in [5.74, 6) is -0.219. The van der Waals surface area contributed by atoms with Crippen LogP contribution >= 0.6 is 43.2 Å². The third-order valence-electron chi connectivity index (χ3n) is 3.40. The summed E-state index contributed by atoms with van der Waals surface area (Å²) in [5, 5.41) is 13.4. The number of nitrogens with zero attached hydrogens (tertiary/aromatic N) is 2. The molecule has 2 unspecified atom stereocenters. The van der Waals surface area contributed by atoms with Gasteiger partial charge in [0.25, 0.3) is 0 Å². The Hall–Kier alpha value is -0.800. The lowest BCUT2D eigenvalue weighted by Gasteiger charge is -2.02. The van der Waals surface area contributed by atoms with Crippen LogP contribution in [0.25, 0.3) is 0 Å². The topological polar surface area (TPSA) is 85.1 Å². The molecule has 1 amide bonds. The quantitative estimate of drug-likeness (QED) is 0.586. The number of rotatable bonds is 4. The van der Waals surface area contributed by atoms with Crippen LogP contribution in [0.4, 0.5) is 10.1 Å². The third kappa shape index (κ3) is 3.09. The fourth-order valence-corrected chi connectivity index (χ4v) is 3.42. The van der Waals surface area contributed by atoms with Crippen molar-refractivity contribution in [2.24, 2.45) is 17.3 Å². The Labute approximate surface area is 136 Å². The van der Waals surface area contributed by atoms with Gasteiger partial charge in [0.2, 0.25) is 5.91 Å². The highest BCUT2D eigenvalue weighted by Gasteiger charge is 2.60. The van der Waals surface area contributed by atoms with Crippen LogP contribution in [-0.4, -0.2) is 15.8 Å². The summed E-state index contributed by atoms with van der Waals surface area (Å²) >= 11 is 7.43. The lowest BCUT2D eigenvalue weighted by molar-refractivity contribution is -0.380. The zero-order chi connectivity index (χ0) is 15.1. The highest BCUT2D eigenvalue weighted by molar-refractivity contribution is 9.28. The van der Waals surface area contributed by atoms with Gasteiger partial charge in [0.05, 0.1) is 14.2 Å². The van der Waals surface area contributed by atoms with Gasteiger partial charge in [0, 0.05) is 0 Å². The highest BCUT2D eigenvalue weighted by atomic mass is 79.9. The number of amides is 1. The summed E-state index contributed by atoms with van der Waals surface area (Å²) in [6.07, 6.45) is 3.08. The van der Waals surface area contributed by atoms with Gasteiger partial charge in [-0.15, -0.1) is 0 Å². The molecule has 0 saturated heterocycles. The maximum Gasteiger partial charge on any atom is 0.345 e.